The first-order valence-corrected chi connectivity index (χ1v) is 25.9. The Morgan fingerprint density at radius 2 is 0.932 bits per heavy atom. The highest BCUT2D eigenvalue weighted by Gasteiger charge is 2.32. The van der Waals surface area contributed by atoms with Gasteiger partial charge in [-0.25, -0.2) is 35.6 Å². The van der Waals surface area contributed by atoms with Gasteiger partial charge in [-0.1, -0.05) is 12.1 Å². The molecule has 8 heterocycles. The normalized spacial score (nSPS) is 12.6. The molecule has 0 aliphatic heterocycles. The van der Waals surface area contributed by atoms with Crippen molar-refractivity contribution >= 4 is 41.7 Å². The molecule has 0 aliphatic rings. The van der Waals surface area contributed by atoms with Crippen LogP contribution in [0.15, 0.2) is 107 Å². The largest absolute Gasteiger partial charge is 0.494 e. The Kier molecular flexibility index (Phi) is 14.2. The number of imidazole rings is 2. The van der Waals surface area contributed by atoms with Crippen LogP contribution in [0.4, 0.5) is 8.78 Å². The third-order valence-electron chi connectivity index (χ3n) is 12.0. The first-order chi connectivity index (χ1) is 35.7. The summed E-state index contributed by atoms with van der Waals surface area (Å²) in [7, 11) is -1.61. The molecule has 0 spiro atoms. The number of furan rings is 2. The number of halogens is 2. The van der Waals surface area contributed by atoms with Gasteiger partial charge in [0.1, 0.15) is 56.9 Å². The lowest BCUT2D eigenvalue weighted by Gasteiger charge is -2.18. The summed E-state index contributed by atoms with van der Waals surface area (Å²) in [5.74, 6) is 1.25. The van der Waals surface area contributed by atoms with Crippen molar-refractivity contribution in [3.05, 3.63) is 133 Å². The number of H-pyrrole nitrogens is 2. The Labute approximate surface area is 420 Å². The number of ether oxygens (including phenoxy) is 4. The van der Waals surface area contributed by atoms with Gasteiger partial charge in [-0.15, -0.1) is 20.4 Å². The number of fused-ring (bicyclic) bond motifs is 2. The van der Waals surface area contributed by atoms with E-state index in [2.05, 4.69) is 50.3 Å². The highest BCUT2D eigenvalue weighted by atomic mass is 32.2. The first-order valence-electron chi connectivity index (χ1n) is 22.4. The molecule has 0 saturated carbocycles. The van der Waals surface area contributed by atoms with Crippen LogP contribution in [0.2, 0.25) is 0 Å². The smallest absolute Gasteiger partial charge is 0.204 e. The van der Waals surface area contributed by atoms with Crippen LogP contribution in [0.25, 0.3) is 56.6 Å². The van der Waals surface area contributed by atoms with Gasteiger partial charge >= 0.3 is 0 Å². The fourth-order valence-electron chi connectivity index (χ4n) is 8.19. The van der Waals surface area contributed by atoms with Crippen molar-refractivity contribution in [2.45, 2.75) is 48.7 Å². The van der Waals surface area contributed by atoms with Gasteiger partial charge < -0.3 is 37.7 Å². The lowest BCUT2D eigenvalue weighted by Crippen LogP contribution is -2.24. The molecule has 0 bridgehead atoms. The zero-order valence-corrected chi connectivity index (χ0v) is 42.0. The van der Waals surface area contributed by atoms with Crippen LogP contribution in [0, 0.1) is 11.6 Å². The minimum absolute atomic E-state index is 0.0401. The van der Waals surface area contributed by atoms with Crippen LogP contribution in [-0.2, 0) is 44.0 Å². The Morgan fingerprint density at radius 3 is 1.27 bits per heavy atom. The average Bonchev–Trinajstić information content (AvgIpc) is 4.27. The van der Waals surface area contributed by atoms with Crippen LogP contribution < -0.4 is 18.9 Å². The maximum absolute atomic E-state index is 14.0. The highest BCUT2D eigenvalue weighted by molar-refractivity contribution is 7.91. The van der Waals surface area contributed by atoms with Gasteiger partial charge in [-0.2, -0.15) is 0 Å². The van der Waals surface area contributed by atoms with E-state index in [-0.39, 0.29) is 47.2 Å². The lowest BCUT2D eigenvalue weighted by atomic mass is 10.2. The van der Waals surface area contributed by atoms with E-state index in [4.69, 9.17) is 27.8 Å². The number of hydrogen-bond donors (Lipinski definition) is 2. The predicted molar refractivity (Wildman–Crippen MR) is 264 cm³/mol. The molecule has 2 N–H and O–H groups in total. The van der Waals surface area contributed by atoms with Crippen molar-refractivity contribution in [1.82, 2.24) is 59.4 Å². The Hall–Kier alpha value is -8.52. The van der Waals surface area contributed by atoms with E-state index in [0.29, 0.717) is 68.3 Å². The SMILES string of the molecule is COc1cccc(OC)c1-n1c(CS(=O)(=O)[C@@H](C)Cc2ncc(F)c3nc[nH]c23)nnc1-c1ccco1.COc1cccc(OC)c1-n1c(CS(=O)(=O)[C@H](C)Cc2ncc(F)c3nc[nH]c23)nnc1-c1ccco1. The number of pyridine rings is 2. The monoisotopic (exact) mass is 1050 g/mol. The number of hydrogen-bond acceptors (Lipinski definition) is 18. The molecule has 74 heavy (non-hydrogen) atoms. The Morgan fingerprint density at radius 1 is 0.554 bits per heavy atom. The molecule has 0 saturated heterocycles. The van der Waals surface area contributed by atoms with E-state index in [0.717, 1.165) is 12.4 Å². The summed E-state index contributed by atoms with van der Waals surface area (Å²) in [5, 5.41) is 15.1. The van der Waals surface area contributed by atoms with Gasteiger partial charge in [-0.05, 0) is 62.4 Å². The van der Waals surface area contributed by atoms with Crippen LogP contribution >= 0.6 is 0 Å². The van der Waals surface area contributed by atoms with Crippen LogP contribution in [0.5, 0.6) is 23.0 Å². The van der Waals surface area contributed by atoms with Gasteiger partial charge in [0.15, 0.2) is 54.5 Å². The van der Waals surface area contributed by atoms with Gasteiger partial charge in [0.05, 0.1) is 98.9 Å². The molecule has 2 atom stereocenters. The van der Waals surface area contributed by atoms with E-state index in [1.54, 1.807) is 83.6 Å². The standard InChI is InChI=1S/2C24H23FN6O5S/c2*1-14(10-16-22-21(27-13-28-22)15(25)11-26-16)37(32,33)12-20-29-30-24(19-8-5-9-36-19)31(20)23-17(34-2)6-4-7-18(23)35-3/h2*4-9,11,13-14H,10,12H2,1-3H3,(H,27,28)/t2*14-/m10/s1. The van der Waals surface area contributed by atoms with Crippen molar-refractivity contribution < 1.29 is 53.4 Å². The molecule has 0 radical (unpaired) electrons. The molecule has 10 rings (SSSR count). The predicted octanol–water partition coefficient (Wildman–Crippen LogP) is 7.00. The average molecular weight is 1050 g/mol. The number of sulfone groups is 2. The third kappa shape index (κ3) is 9.74. The van der Waals surface area contributed by atoms with Gasteiger partial charge in [0.25, 0.3) is 0 Å². The number of para-hydroxylation sites is 2. The Bertz CT molecular complexity index is 3530. The molecular weight excluding hydrogens is 1010 g/mol. The van der Waals surface area contributed by atoms with E-state index >= 15 is 0 Å². The quantitative estimate of drug-likeness (QED) is 0.0875. The minimum atomic E-state index is -3.80. The van der Waals surface area contributed by atoms with Crippen molar-refractivity contribution in [1.29, 1.82) is 0 Å². The topological polar surface area (TPSA) is 276 Å². The molecule has 0 aliphatic carbocycles. The summed E-state index contributed by atoms with van der Waals surface area (Å²) in [6.07, 6.45) is 7.82. The maximum Gasteiger partial charge on any atom is 0.204 e. The van der Waals surface area contributed by atoms with Gasteiger partial charge in [0.2, 0.25) is 11.6 Å². The van der Waals surface area contributed by atoms with Gasteiger partial charge in [0, 0.05) is 12.8 Å². The summed E-state index contributed by atoms with van der Waals surface area (Å²) >= 11 is 0. The van der Waals surface area contributed by atoms with E-state index in [1.807, 2.05) is 0 Å². The summed E-state index contributed by atoms with van der Waals surface area (Å²) in [6, 6.07) is 17.2. The second-order valence-corrected chi connectivity index (χ2v) is 21.4. The molecule has 0 amide bonds. The lowest BCUT2D eigenvalue weighted by molar-refractivity contribution is 0.390. The maximum atomic E-state index is 14.0. The molecule has 0 fully saturated rings. The molecule has 0 unspecified atom stereocenters. The fraction of sp³-hybridized carbons (Fsp3) is 0.250. The number of methoxy groups -OCH3 is 4. The molecule has 26 heteroatoms. The van der Waals surface area contributed by atoms with Crippen molar-refractivity contribution in [2.75, 3.05) is 28.4 Å². The summed E-state index contributed by atoms with van der Waals surface area (Å²) in [6.45, 7) is 3.14. The van der Waals surface area contributed by atoms with E-state index < -0.39 is 53.3 Å². The van der Waals surface area contributed by atoms with Crippen molar-refractivity contribution in [2.24, 2.45) is 0 Å². The zero-order chi connectivity index (χ0) is 52.3. The molecular formula is C48H46F2N12O10S2. The van der Waals surface area contributed by atoms with E-state index in [1.165, 1.54) is 53.6 Å². The van der Waals surface area contributed by atoms with Crippen LogP contribution in [-0.4, -0.2) is 115 Å². The number of aromatic amines is 2. The fourth-order valence-corrected chi connectivity index (χ4v) is 10.7. The molecule has 2 aromatic carbocycles. The van der Waals surface area contributed by atoms with E-state index in [9.17, 15) is 25.6 Å². The zero-order valence-electron chi connectivity index (χ0n) is 40.3. The second kappa shape index (κ2) is 20.9. The number of nitrogens with one attached hydrogen (secondary N) is 2. The molecule has 8 aromatic heterocycles. The van der Waals surface area contributed by atoms with Crippen molar-refractivity contribution in [3.63, 3.8) is 0 Å². The Balaban J connectivity index is 0.000000182. The first kappa shape index (κ1) is 50.4. The van der Waals surface area contributed by atoms with Gasteiger partial charge in [-0.3, -0.25) is 19.1 Å². The number of benzene rings is 2. The third-order valence-corrected chi connectivity index (χ3v) is 16.1. The summed E-state index contributed by atoms with van der Waals surface area (Å²) < 4.78 is 119. The second-order valence-electron chi connectivity index (χ2n) is 16.5. The van der Waals surface area contributed by atoms with Crippen LogP contribution in [0.1, 0.15) is 36.9 Å². The van der Waals surface area contributed by atoms with Crippen molar-refractivity contribution in [3.8, 4) is 57.5 Å². The number of nitrogens with zero attached hydrogens (tertiary/aromatic N) is 10. The summed E-state index contributed by atoms with van der Waals surface area (Å²) in [5.41, 5.74) is 2.61. The molecule has 22 nitrogen and oxygen atoms in total. The highest BCUT2D eigenvalue weighted by Crippen LogP contribution is 2.39. The minimum Gasteiger partial charge on any atom is -0.494 e. The summed E-state index contributed by atoms with van der Waals surface area (Å²) in [4.78, 5) is 21.8. The number of aromatic nitrogens is 12. The van der Waals surface area contributed by atoms with Crippen LogP contribution in [0.3, 0.4) is 0 Å². The molecule has 10 aromatic rings. The number of rotatable bonds is 18. The molecule has 384 valence electrons.